The van der Waals surface area contributed by atoms with Crippen molar-refractivity contribution in [3.05, 3.63) is 59.9 Å². The third kappa shape index (κ3) is 3.95. The van der Waals surface area contributed by atoms with E-state index in [2.05, 4.69) is 5.32 Å². The van der Waals surface area contributed by atoms with Crippen molar-refractivity contribution in [2.45, 2.75) is 0 Å². The van der Waals surface area contributed by atoms with Crippen LogP contribution in [-0.4, -0.2) is 26.0 Å². The number of likely N-dealkylation sites (N-methyl/N-ethyl adjacent to an activating group) is 1. The molecule has 0 heterocycles. The average Bonchev–Trinajstić information content (AvgIpc) is 2.50. The third-order valence-corrected chi connectivity index (χ3v) is 3.16. The number of halogens is 1. The lowest BCUT2D eigenvalue weighted by molar-refractivity contribution is 0.0951. The van der Waals surface area contributed by atoms with Crippen molar-refractivity contribution < 1.29 is 9.18 Å². The molecule has 0 aromatic heterocycles. The predicted molar refractivity (Wildman–Crippen MR) is 82.9 cm³/mol. The molecule has 0 radical (unpaired) electrons. The number of benzene rings is 2. The highest BCUT2D eigenvalue weighted by Crippen LogP contribution is 2.12. The summed E-state index contributed by atoms with van der Waals surface area (Å²) in [5.41, 5.74) is 6.95. The van der Waals surface area contributed by atoms with E-state index in [4.69, 9.17) is 5.73 Å². The van der Waals surface area contributed by atoms with Crippen molar-refractivity contribution >= 4 is 17.3 Å². The highest BCUT2D eigenvalue weighted by molar-refractivity contribution is 5.95. The molecular weight excluding hydrogens is 269 g/mol. The van der Waals surface area contributed by atoms with Gasteiger partial charge in [0.1, 0.15) is 5.82 Å². The molecule has 0 aliphatic rings. The zero-order valence-corrected chi connectivity index (χ0v) is 11.8. The topological polar surface area (TPSA) is 58.4 Å². The van der Waals surface area contributed by atoms with Gasteiger partial charge in [-0.15, -0.1) is 0 Å². The summed E-state index contributed by atoms with van der Waals surface area (Å²) in [5, 5.41) is 2.69. The Morgan fingerprint density at radius 1 is 1.24 bits per heavy atom. The minimum atomic E-state index is -0.571. The number of hydrogen-bond donors (Lipinski definition) is 2. The average molecular weight is 287 g/mol. The largest absolute Gasteiger partial charge is 0.399 e. The molecule has 5 heteroatoms. The molecule has 2 aromatic rings. The van der Waals surface area contributed by atoms with E-state index in [0.717, 1.165) is 5.69 Å². The highest BCUT2D eigenvalue weighted by Gasteiger charge is 2.11. The fourth-order valence-corrected chi connectivity index (χ4v) is 1.96. The molecule has 110 valence electrons. The zero-order valence-electron chi connectivity index (χ0n) is 11.8. The molecular formula is C16H18FN3O. The van der Waals surface area contributed by atoms with E-state index in [1.165, 1.54) is 18.2 Å². The number of nitrogens with zero attached hydrogens (tertiary/aromatic N) is 1. The molecule has 3 N–H and O–H groups in total. The van der Waals surface area contributed by atoms with Crippen LogP contribution in [0.5, 0.6) is 0 Å². The van der Waals surface area contributed by atoms with E-state index in [-0.39, 0.29) is 5.56 Å². The number of anilines is 2. The van der Waals surface area contributed by atoms with Gasteiger partial charge in [-0.25, -0.2) is 4.39 Å². The van der Waals surface area contributed by atoms with E-state index in [9.17, 15) is 9.18 Å². The van der Waals surface area contributed by atoms with Crippen LogP contribution in [0.15, 0.2) is 48.5 Å². The predicted octanol–water partition coefficient (Wildman–Crippen LogP) is 2.27. The molecule has 21 heavy (non-hydrogen) atoms. The Labute approximate surface area is 123 Å². The maximum Gasteiger partial charge on any atom is 0.254 e. The first-order valence-corrected chi connectivity index (χ1v) is 6.67. The van der Waals surface area contributed by atoms with Gasteiger partial charge in [0.25, 0.3) is 5.91 Å². The number of nitrogens with two attached hydrogens (primary N) is 1. The number of rotatable bonds is 5. The van der Waals surface area contributed by atoms with Crippen molar-refractivity contribution in [3.8, 4) is 0 Å². The lowest BCUT2D eigenvalue weighted by Gasteiger charge is -2.19. The second-order valence-corrected chi connectivity index (χ2v) is 4.75. The minimum Gasteiger partial charge on any atom is -0.399 e. The van der Waals surface area contributed by atoms with Crippen LogP contribution in [0.25, 0.3) is 0 Å². The first-order valence-electron chi connectivity index (χ1n) is 6.67. The van der Waals surface area contributed by atoms with Gasteiger partial charge in [0.2, 0.25) is 0 Å². The van der Waals surface area contributed by atoms with Crippen molar-refractivity contribution in [1.29, 1.82) is 0 Å². The standard InChI is InChI=1S/C16H18FN3O/c1-20(13-5-3-2-4-6-13)10-9-19-16(21)14-11-12(18)7-8-15(14)17/h2-8,11H,9-10,18H2,1H3,(H,19,21). The van der Waals surface area contributed by atoms with Crippen LogP contribution in [0.3, 0.4) is 0 Å². The summed E-state index contributed by atoms with van der Waals surface area (Å²) >= 11 is 0. The van der Waals surface area contributed by atoms with Gasteiger partial charge in [-0.2, -0.15) is 0 Å². The summed E-state index contributed by atoms with van der Waals surface area (Å²) in [6.45, 7) is 1.04. The number of para-hydroxylation sites is 1. The summed E-state index contributed by atoms with van der Waals surface area (Å²) < 4.78 is 13.5. The van der Waals surface area contributed by atoms with Crippen molar-refractivity contribution in [2.75, 3.05) is 30.8 Å². The highest BCUT2D eigenvalue weighted by atomic mass is 19.1. The lowest BCUT2D eigenvalue weighted by atomic mass is 10.2. The number of hydrogen-bond acceptors (Lipinski definition) is 3. The fraction of sp³-hybridized carbons (Fsp3) is 0.188. The van der Waals surface area contributed by atoms with Gasteiger partial charge in [-0.3, -0.25) is 4.79 Å². The van der Waals surface area contributed by atoms with Gasteiger partial charge in [0.05, 0.1) is 5.56 Å². The Balaban J connectivity index is 1.88. The van der Waals surface area contributed by atoms with Gasteiger partial charge in [0.15, 0.2) is 0 Å². The Kier molecular flexibility index (Phi) is 4.77. The maximum atomic E-state index is 13.5. The number of nitrogens with one attached hydrogen (secondary N) is 1. The Morgan fingerprint density at radius 2 is 1.95 bits per heavy atom. The van der Waals surface area contributed by atoms with E-state index in [0.29, 0.717) is 18.8 Å². The van der Waals surface area contributed by atoms with Crippen molar-refractivity contribution in [3.63, 3.8) is 0 Å². The van der Waals surface area contributed by atoms with Crippen LogP contribution < -0.4 is 16.0 Å². The SMILES string of the molecule is CN(CCNC(=O)c1cc(N)ccc1F)c1ccccc1. The van der Waals surface area contributed by atoms with Gasteiger partial charge in [-0.05, 0) is 30.3 Å². The monoisotopic (exact) mass is 287 g/mol. The second-order valence-electron chi connectivity index (χ2n) is 4.75. The molecule has 0 bridgehead atoms. The Hall–Kier alpha value is -2.56. The smallest absolute Gasteiger partial charge is 0.254 e. The van der Waals surface area contributed by atoms with Crippen LogP contribution in [-0.2, 0) is 0 Å². The molecule has 0 aliphatic carbocycles. The summed E-state index contributed by atoms with van der Waals surface area (Å²) in [6, 6.07) is 13.8. The molecule has 2 rings (SSSR count). The third-order valence-electron chi connectivity index (χ3n) is 3.16. The quantitative estimate of drug-likeness (QED) is 0.829. The number of nitrogen functional groups attached to an aromatic ring is 1. The van der Waals surface area contributed by atoms with Gasteiger partial charge in [-0.1, -0.05) is 18.2 Å². The first kappa shape index (κ1) is 14.8. The summed E-state index contributed by atoms with van der Waals surface area (Å²) in [6.07, 6.45) is 0. The molecule has 0 saturated carbocycles. The fourth-order valence-electron chi connectivity index (χ4n) is 1.96. The van der Waals surface area contributed by atoms with E-state index in [1.807, 2.05) is 42.3 Å². The molecule has 1 amide bonds. The second kappa shape index (κ2) is 6.74. The normalized spacial score (nSPS) is 10.2. The van der Waals surface area contributed by atoms with Crippen LogP contribution in [0.1, 0.15) is 10.4 Å². The van der Waals surface area contributed by atoms with Crippen LogP contribution in [0.4, 0.5) is 15.8 Å². The summed E-state index contributed by atoms with van der Waals surface area (Å²) in [5.74, 6) is -1.03. The number of carbonyl (C=O) groups excluding carboxylic acids is 1. The number of carbonyl (C=O) groups is 1. The zero-order chi connectivity index (χ0) is 15.2. The van der Waals surface area contributed by atoms with Crippen molar-refractivity contribution in [1.82, 2.24) is 5.32 Å². The molecule has 0 unspecified atom stereocenters. The molecule has 0 atom stereocenters. The van der Waals surface area contributed by atoms with Crippen LogP contribution in [0, 0.1) is 5.82 Å². The molecule has 0 saturated heterocycles. The van der Waals surface area contributed by atoms with Gasteiger partial charge < -0.3 is 16.0 Å². The van der Waals surface area contributed by atoms with Gasteiger partial charge in [0, 0.05) is 31.5 Å². The Morgan fingerprint density at radius 3 is 2.67 bits per heavy atom. The van der Waals surface area contributed by atoms with E-state index in [1.54, 1.807) is 0 Å². The Bertz CT molecular complexity index is 616. The lowest BCUT2D eigenvalue weighted by Crippen LogP contribution is -2.33. The molecule has 0 fully saturated rings. The number of amides is 1. The molecule has 0 aliphatic heterocycles. The van der Waals surface area contributed by atoms with E-state index < -0.39 is 11.7 Å². The van der Waals surface area contributed by atoms with Crippen LogP contribution >= 0.6 is 0 Å². The first-order chi connectivity index (χ1) is 10.1. The molecule has 4 nitrogen and oxygen atoms in total. The minimum absolute atomic E-state index is 0.0302. The molecule has 2 aromatic carbocycles. The maximum absolute atomic E-state index is 13.5. The van der Waals surface area contributed by atoms with Crippen LogP contribution in [0.2, 0.25) is 0 Å². The van der Waals surface area contributed by atoms with Gasteiger partial charge >= 0.3 is 0 Å². The van der Waals surface area contributed by atoms with Crippen molar-refractivity contribution in [2.24, 2.45) is 0 Å². The van der Waals surface area contributed by atoms with E-state index >= 15 is 0 Å². The molecule has 0 spiro atoms. The summed E-state index contributed by atoms with van der Waals surface area (Å²) in [4.78, 5) is 13.9. The summed E-state index contributed by atoms with van der Waals surface area (Å²) in [7, 11) is 1.93.